The second-order valence-corrected chi connectivity index (χ2v) is 6.27. The van der Waals surface area contributed by atoms with E-state index in [0.717, 1.165) is 61.2 Å². The third-order valence-corrected chi connectivity index (χ3v) is 4.29. The van der Waals surface area contributed by atoms with Crippen molar-refractivity contribution in [3.05, 3.63) is 40.5 Å². The Hall–Kier alpha value is -0.910. The molecule has 2 rings (SSSR count). The van der Waals surface area contributed by atoms with Gasteiger partial charge in [0.05, 0.1) is 12.1 Å². The van der Waals surface area contributed by atoms with E-state index in [4.69, 9.17) is 16.3 Å². The Labute approximate surface area is 155 Å². The van der Waals surface area contributed by atoms with E-state index >= 15 is 0 Å². The molecule has 0 aliphatic carbocycles. The number of ether oxygens (including phenoxy) is 1. The molecule has 1 aromatic heterocycles. The van der Waals surface area contributed by atoms with Crippen LogP contribution in [-0.2, 0) is 11.3 Å². The van der Waals surface area contributed by atoms with Gasteiger partial charge in [-0.15, -0.1) is 12.4 Å². The first-order chi connectivity index (χ1) is 11.1. The fourth-order valence-corrected chi connectivity index (χ4v) is 2.75. The molecule has 0 radical (unpaired) electrons. The van der Waals surface area contributed by atoms with Crippen LogP contribution in [0, 0.1) is 6.92 Å². The van der Waals surface area contributed by atoms with Crippen molar-refractivity contribution in [1.82, 2.24) is 15.2 Å². The Kier molecular flexibility index (Phi) is 9.56. The van der Waals surface area contributed by atoms with E-state index in [1.165, 1.54) is 0 Å². The summed E-state index contributed by atoms with van der Waals surface area (Å²) >= 11 is 6.32. The van der Waals surface area contributed by atoms with E-state index in [0.29, 0.717) is 5.15 Å². The fraction of sp³-hybridized carbons (Fsp3) is 0.500. The van der Waals surface area contributed by atoms with Crippen molar-refractivity contribution in [3.8, 4) is 0 Å². The molecule has 134 valence electrons. The number of hydrogen-bond donors (Lipinski definition) is 1. The molecule has 4 nitrogen and oxygen atoms in total. The minimum absolute atomic E-state index is 0. The number of para-hydroxylation sites is 1. The van der Waals surface area contributed by atoms with Gasteiger partial charge in [-0.05, 0) is 45.1 Å². The zero-order valence-electron chi connectivity index (χ0n) is 14.6. The summed E-state index contributed by atoms with van der Waals surface area (Å²) in [6, 6.07) is 8.33. The third-order valence-electron chi connectivity index (χ3n) is 3.96. The zero-order chi connectivity index (χ0) is 16.7. The summed E-state index contributed by atoms with van der Waals surface area (Å²) in [4.78, 5) is 6.82. The van der Waals surface area contributed by atoms with Crippen molar-refractivity contribution in [3.63, 3.8) is 0 Å². The summed E-state index contributed by atoms with van der Waals surface area (Å²) in [6.45, 7) is 6.57. The normalized spacial score (nSPS) is 11.0. The standard InChI is InChI=1S/C18H26ClN3O.ClH/c1-14-6-4-7-15-12-16(18(19)21-17(14)15)13-20-8-5-9-22(2)10-11-23-3;/h4,6-7,12,20H,5,8-11,13H2,1-3H3;1H. The highest BCUT2D eigenvalue weighted by molar-refractivity contribution is 6.30. The summed E-state index contributed by atoms with van der Waals surface area (Å²) in [5.74, 6) is 0. The molecule has 0 saturated heterocycles. The summed E-state index contributed by atoms with van der Waals surface area (Å²) < 4.78 is 5.08. The predicted octanol–water partition coefficient (Wildman–Crippen LogP) is 3.68. The summed E-state index contributed by atoms with van der Waals surface area (Å²) in [6.07, 6.45) is 1.10. The number of nitrogens with one attached hydrogen (secondary N) is 1. The number of aromatic nitrogens is 1. The number of benzene rings is 1. The monoisotopic (exact) mass is 371 g/mol. The molecule has 0 amide bonds. The Balaban J connectivity index is 0.00000288. The third kappa shape index (κ3) is 6.19. The van der Waals surface area contributed by atoms with Crippen LogP contribution in [0.5, 0.6) is 0 Å². The lowest BCUT2D eigenvalue weighted by Crippen LogP contribution is -2.26. The Bertz CT molecular complexity index is 637. The van der Waals surface area contributed by atoms with Crippen LogP contribution in [0.3, 0.4) is 0 Å². The number of likely N-dealkylation sites (N-methyl/N-ethyl adjacent to an activating group) is 1. The average Bonchev–Trinajstić information content (AvgIpc) is 2.54. The number of hydrogen-bond acceptors (Lipinski definition) is 4. The maximum Gasteiger partial charge on any atom is 0.134 e. The molecule has 1 N–H and O–H groups in total. The predicted molar refractivity (Wildman–Crippen MR) is 104 cm³/mol. The van der Waals surface area contributed by atoms with Crippen LogP contribution in [0.2, 0.25) is 5.15 Å². The van der Waals surface area contributed by atoms with E-state index in [-0.39, 0.29) is 12.4 Å². The number of halogens is 2. The topological polar surface area (TPSA) is 37.4 Å². The molecule has 0 aliphatic rings. The number of rotatable bonds is 9. The summed E-state index contributed by atoms with van der Waals surface area (Å²) in [5.41, 5.74) is 3.20. The highest BCUT2D eigenvalue weighted by Gasteiger charge is 2.06. The molecule has 1 aromatic carbocycles. The fourth-order valence-electron chi connectivity index (χ4n) is 2.55. The maximum absolute atomic E-state index is 6.32. The van der Waals surface area contributed by atoms with Gasteiger partial charge in [-0.2, -0.15) is 0 Å². The van der Waals surface area contributed by atoms with Crippen LogP contribution in [-0.4, -0.2) is 50.3 Å². The Morgan fingerprint density at radius 1 is 1.29 bits per heavy atom. The van der Waals surface area contributed by atoms with Gasteiger partial charge in [0.15, 0.2) is 0 Å². The second-order valence-electron chi connectivity index (χ2n) is 5.91. The molecule has 0 saturated carbocycles. The zero-order valence-corrected chi connectivity index (χ0v) is 16.2. The Morgan fingerprint density at radius 3 is 2.83 bits per heavy atom. The maximum atomic E-state index is 6.32. The van der Waals surface area contributed by atoms with Gasteiger partial charge in [0.1, 0.15) is 5.15 Å². The Morgan fingerprint density at radius 2 is 2.08 bits per heavy atom. The van der Waals surface area contributed by atoms with Gasteiger partial charge >= 0.3 is 0 Å². The van der Waals surface area contributed by atoms with Crippen molar-refractivity contribution >= 4 is 34.9 Å². The van der Waals surface area contributed by atoms with Crippen LogP contribution in [0.4, 0.5) is 0 Å². The molecule has 0 unspecified atom stereocenters. The van der Waals surface area contributed by atoms with E-state index in [1.807, 2.05) is 0 Å². The molecule has 24 heavy (non-hydrogen) atoms. The van der Waals surface area contributed by atoms with E-state index in [1.54, 1.807) is 7.11 Å². The van der Waals surface area contributed by atoms with E-state index < -0.39 is 0 Å². The molecule has 1 heterocycles. The lowest BCUT2D eigenvalue weighted by atomic mass is 10.1. The van der Waals surface area contributed by atoms with E-state index in [2.05, 4.69) is 53.4 Å². The van der Waals surface area contributed by atoms with Gasteiger partial charge < -0.3 is 15.0 Å². The minimum atomic E-state index is 0. The first kappa shape index (κ1) is 21.1. The van der Waals surface area contributed by atoms with Gasteiger partial charge in [-0.3, -0.25) is 0 Å². The van der Waals surface area contributed by atoms with Gasteiger partial charge in [0, 0.05) is 31.1 Å². The SMILES string of the molecule is COCCN(C)CCCNCc1cc2cccc(C)c2nc1Cl.Cl. The van der Waals surface area contributed by atoms with Gasteiger partial charge in [-0.1, -0.05) is 29.8 Å². The summed E-state index contributed by atoms with van der Waals surface area (Å²) in [7, 11) is 3.85. The minimum Gasteiger partial charge on any atom is -0.383 e. The van der Waals surface area contributed by atoms with E-state index in [9.17, 15) is 0 Å². The number of aryl methyl sites for hydroxylation is 1. The average molecular weight is 372 g/mol. The number of methoxy groups -OCH3 is 1. The van der Waals surface area contributed by atoms with Crippen molar-refractivity contribution < 1.29 is 4.74 Å². The smallest absolute Gasteiger partial charge is 0.134 e. The molecular weight excluding hydrogens is 345 g/mol. The van der Waals surface area contributed by atoms with Crippen LogP contribution in [0.25, 0.3) is 10.9 Å². The molecule has 0 aliphatic heterocycles. The van der Waals surface area contributed by atoms with Crippen molar-refractivity contribution in [1.29, 1.82) is 0 Å². The molecule has 0 bridgehead atoms. The second kappa shape index (κ2) is 10.9. The number of pyridine rings is 1. The quantitative estimate of drug-likeness (QED) is 0.538. The van der Waals surface area contributed by atoms with Crippen LogP contribution in [0.15, 0.2) is 24.3 Å². The molecule has 0 atom stereocenters. The molecular formula is C18H27Cl2N3O. The van der Waals surface area contributed by atoms with Gasteiger partial charge in [0.2, 0.25) is 0 Å². The van der Waals surface area contributed by atoms with Crippen LogP contribution in [0.1, 0.15) is 17.5 Å². The largest absolute Gasteiger partial charge is 0.383 e. The first-order valence-corrected chi connectivity index (χ1v) is 8.42. The summed E-state index contributed by atoms with van der Waals surface area (Å²) in [5, 5.41) is 5.19. The number of fused-ring (bicyclic) bond motifs is 1. The van der Waals surface area contributed by atoms with Gasteiger partial charge in [-0.25, -0.2) is 4.98 Å². The van der Waals surface area contributed by atoms with Crippen LogP contribution < -0.4 is 5.32 Å². The highest BCUT2D eigenvalue weighted by Crippen LogP contribution is 2.22. The van der Waals surface area contributed by atoms with Crippen molar-refractivity contribution in [2.75, 3.05) is 40.4 Å². The van der Waals surface area contributed by atoms with Crippen molar-refractivity contribution in [2.45, 2.75) is 19.9 Å². The molecule has 0 fully saturated rings. The molecule has 0 spiro atoms. The van der Waals surface area contributed by atoms with Gasteiger partial charge in [0.25, 0.3) is 0 Å². The lowest BCUT2D eigenvalue weighted by molar-refractivity contribution is 0.160. The van der Waals surface area contributed by atoms with Crippen LogP contribution >= 0.6 is 24.0 Å². The highest BCUT2D eigenvalue weighted by atomic mass is 35.5. The molecule has 6 heteroatoms. The van der Waals surface area contributed by atoms with Crippen molar-refractivity contribution in [2.24, 2.45) is 0 Å². The number of nitrogens with zero attached hydrogens (tertiary/aromatic N) is 2. The molecule has 2 aromatic rings. The first-order valence-electron chi connectivity index (χ1n) is 8.04. The lowest BCUT2D eigenvalue weighted by Gasteiger charge is -2.16.